The van der Waals surface area contributed by atoms with E-state index >= 15 is 0 Å². The average molecular weight is 446 g/mol. The number of thiophene rings is 1. The van der Waals surface area contributed by atoms with Gasteiger partial charge in [0, 0.05) is 4.88 Å². The van der Waals surface area contributed by atoms with E-state index in [1.165, 1.54) is 11.3 Å². The van der Waals surface area contributed by atoms with E-state index in [4.69, 9.17) is 46.4 Å². The van der Waals surface area contributed by atoms with Crippen LogP contribution in [0.15, 0.2) is 0 Å². The summed E-state index contributed by atoms with van der Waals surface area (Å²) in [5.74, 6) is -1.30. The van der Waals surface area contributed by atoms with Crippen molar-refractivity contribution in [3.05, 3.63) is 47.2 Å². The number of carbonyl (C=O) groups excluding carboxylic acids is 2. The zero-order valence-corrected chi connectivity index (χ0v) is 16.8. The van der Waals surface area contributed by atoms with Gasteiger partial charge in [-0.2, -0.15) is 5.26 Å². The fourth-order valence-corrected chi connectivity index (χ4v) is 5.71. The molecule has 0 atom stereocenters. The molecule has 0 saturated heterocycles. The van der Waals surface area contributed by atoms with Gasteiger partial charge in [-0.15, -0.1) is 11.3 Å². The molecule has 26 heavy (non-hydrogen) atoms. The van der Waals surface area contributed by atoms with Crippen molar-refractivity contribution in [2.24, 2.45) is 0 Å². The lowest BCUT2D eigenvalue weighted by Crippen LogP contribution is -2.29. The SMILES string of the molecule is N#Cc1c(N2C(=O)c3c(Cl)c(Cl)c(Cl)c(Cl)c3C2=O)sc2c1CCCC2. The van der Waals surface area contributed by atoms with Crippen LogP contribution in [0.4, 0.5) is 5.00 Å². The van der Waals surface area contributed by atoms with Gasteiger partial charge in [0.25, 0.3) is 11.8 Å². The monoisotopic (exact) mass is 444 g/mol. The lowest BCUT2D eigenvalue weighted by atomic mass is 9.96. The fourth-order valence-electron chi connectivity index (χ4n) is 3.36. The van der Waals surface area contributed by atoms with Crippen molar-refractivity contribution in [2.75, 3.05) is 4.90 Å². The Hall–Kier alpha value is -1.29. The van der Waals surface area contributed by atoms with Gasteiger partial charge in [0.15, 0.2) is 0 Å². The number of carbonyl (C=O) groups is 2. The van der Waals surface area contributed by atoms with E-state index in [9.17, 15) is 14.9 Å². The summed E-state index contributed by atoms with van der Waals surface area (Å²) in [7, 11) is 0. The van der Waals surface area contributed by atoms with Crippen LogP contribution in [0.3, 0.4) is 0 Å². The molecule has 4 rings (SSSR count). The Labute approximate surface area is 172 Å². The second kappa shape index (κ2) is 6.40. The topological polar surface area (TPSA) is 61.2 Å². The highest BCUT2D eigenvalue weighted by Gasteiger charge is 2.44. The van der Waals surface area contributed by atoms with E-state index in [0.717, 1.165) is 41.0 Å². The molecule has 0 bridgehead atoms. The highest BCUT2D eigenvalue weighted by atomic mass is 35.5. The lowest BCUT2D eigenvalue weighted by Gasteiger charge is -2.12. The maximum absolute atomic E-state index is 13.0. The first-order valence-electron chi connectivity index (χ1n) is 7.67. The molecule has 132 valence electrons. The predicted octanol–water partition coefficient (Wildman–Crippen LogP) is 5.91. The van der Waals surface area contributed by atoms with E-state index in [-0.39, 0.29) is 31.2 Å². The number of halogens is 4. The summed E-state index contributed by atoms with van der Waals surface area (Å²) in [4.78, 5) is 28.0. The number of nitrogens with zero attached hydrogens (tertiary/aromatic N) is 2. The lowest BCUT2D eigenvalue weighted by molar-refractivity contribution is 0.0927. The Kier molecular flexibility index (Phi) is 4.45. The second-order valence-electron chi connectivity index (χ2n) is 5.95. The van der Waals surface area contributed by atoms with Gasteiger partial charge in [-0.3, -0.25) is 9.59 Å². The third-order valence-electron chi connectivity index (χ3n) is 4.57. The van der Waals surface area contributed by atoms with Crippen LogP contribution in [0.25, 0.3) is 0 Å². The molecule has 2 aromatic rings. The quantitative estimate of drug-likeness (QED) is 0.311. The summed E-state index contributed by atoms with van der Waals surface area (Å²) < 4.78 is 0. The molecule has 2 heterocycles. The first-order chi connectivity index (χ1) is 12.4. The summed E-state index contributed by atoms with van der Waals surface area (Å²) in [5, 5.41) is 9.55. The maximum Gasteiger partial charge on any atom is 0.268 e. The van der Waals surface area contributed by atoms with E-state index in [0.29, 0.717) is 10.6 Å². The minimum atomic E-state index is -0.648. The standard InChI is InChI=1S/C17H8Cl4N2O2S/c18-11-9-10(12(19)14(21)13(11)20)16(25)23(15(9)24)17-7(5-22)6-3-1-2-4-8(6)26-17/h1-4H2. The molecule has 2 amide bonds. The van der Waals surface area contributed by atoms with Gasteiger partial charge >= 0.3 is 0 Å². The highest BCUT2D eigenvalue weighted by Crippen LogP contribution is 2.48. The molecule has 0 fully saturated rings. The minimum absolute atomic E-state index is 0.0775. The molecule has 9 heteroatoms. The van der Waals surface area contributed by atoms with E-state index in [1.54, 1.807) is 0 Å². The Morgan fingerprint density at radius 3 is 1.96 bits per heavy atom. The number of aryl methyl sites for hydroxylation is 1. The number of nitriles is 1. The van der Waals surface area contributed by atoms with Crippen molar-refractivity contribution in [1.29, 1.82) is 5.26 Å². The van der Waals surface area contributed by atoms with Crippen molar-refractivity contribution in [1.82, 2.24) is 0 Å². The van der Waals surface area contributed by atoms with Crippen LogP contribution in [-0.2, 0) is 12.8 Å². The Bertz CT molecular complexity index is 1010. The zero-order chi connectivity index (χ0) is 18.7. The molecular formula is C17H8Cl4N2O2S. The maximum atomic E-state index is 13.0. The molecule has 0 unspecified atom stereocenters. The number of hydrogen-bond acceptors (Lipinski definition) is 4. The number of anilines is 1. The number of fused-ring (bicyclic) bond motifs is 2. The van der Waals surface area contributed by atoms with Gasteiger partial charge in [0.1, 0.15) is 11.1 Å². The van der Waals surface area contributed by atoms with Crippen LogP contribution in [0, 0.1) is 11.3 Å². The summed E-state index contributed by atoms with van der Waals surface area (Å²) >= 11 is 25.7. The molecule has 1 aromatic heterocycles. The van der Waals surface area contributed by atoms with Crippen molar-refractivity contribution in [3.8, 4) is 6.07 Å². The molecule has 0 spiro atoms. The van der Waals surface area contributed by atoms with Crippen LogP contribution in [0.2, 0.25) is 20.1 Å². The first kappa shape index (κ1) is 18.1. The van der Waals surface area contributed by atoms with Crippen molar-refractivity contribution in [2.45, 2.75) is 25.7 Å². The van der Waals surface area contributed by atoms with Gasteiger partial charge in [0.2, 0.25) is 0 Å². The molecule has 0 saturated carbocycles. The van der Waals surface area contributed by atoms with Gasteiger partial charge in [-0.1, -0.05) is 46.4 Å². The van der Waals surface area contributed by atoms with E-state index < -0.39 is 11.8 Å². The molecule has 1 aromatic carbocycles. The van der Waals surface area contributed by atoms with Crippen molar-refractivity contribution < 1.29 is 9.59 Å². The Morgan fingerprint density at radius 1 is 0.885 bits per heavy atom. The molecule has 2 aliphatic rings. The largest absolute Gasteiger partial charge is 0.268 e. The average Bonchev–Trinajstić information content (AvgIpc) is 3.12. The number of imide groups is 1. The van der Waals surface area contributed by atoms with Crippen LogP contribution < -0.4 is 4.90 Å². The normalized spacial score (nSPS) is 15.9. The van der Waals surface area contributed by atoms with Crippen LogP contribution in [0.1, 0.15) is 49.6 Å². The third-order valence-corrected chi connectivity index (χ3v) is 7.65. The summed E-state index contributed by atoms with van der Waals surface area (Å²) in [5.41, 5.74) is 1.13. The molecule has 1 aliphatic carbocycles. The van der Waals surface area contributed by atoms with E-state index in [2.05, 4.69) is 6.07 Å². The van der Waals surface area contributed by atoms with E-state index in [1.807, 2.05) is 0 Å². The minimum Gasteiger partial charge on any atom is -0.268 e. The smallest absolute Gasteiger partial charge is 0.268 e. The number of hydrogen-bond donors (Lipinski definition) is 0. The third kappa shape index (κ3) is 2.33. The van der Waals surface area contributed by atoms with Gasteiger partial charge in [-0.25, -0.2) is 4.90 Å². The van der Waals surface area contributed by atoms with Crippen molar-refractivity contribution >= 4 is 74.6 Å². The summed E-state index contributed by atoms with van der Waals surface area (Å²) in [6, 6.07) is 2.15. The van der Waals surface area contributed by atoms with Gasteiger partial charge < -0.3 is 0 Å². The Morgan fingerprint density at radius 2 is 1.42 bits per heavy atom. The summed E-state index contributed by atoms with van der Waals surface area (Å²) in [6.45, 7) is 0. The molecular weight excluding hydrogens is 438 g/mol. The molecule has 1 aliphatic heterocycles. The predicted molar refractivity (Wildman–Crippen MR) is 103 cm³/mol. The number of rotatable bonds is 1. The molecule has 0 N–H and O–H groups in total. The first-order valence-corrected chi connectivity index (χ1v) is 10.0. The fraction of sp³-hybridized carbons (Fsp3) is 0.235. The molecule has 4 nitrogen and oxygen atoms in total. The highest BCUT2D eigenvalue weighted by molar-refractivity contribution is 7.17. The zero-order valence-electron chi connectivity index (χ0n) is 13.0. The number of amides is 2. The Balaban J connectivity index is 1.94. The second-order valence-corrected chi connectivity index (χ2v) is 8.55. The van der Waals surface area contributed by atoms with Crippen LogP contribution >= 0.6 is 57.7 Å². The van der Waals surface area contributed by atoms with Gasteiger partial charge in [-0.05, 0) is 31.2 Å². The van der Waals surface area contributed by atoms with Crippen molar-refractivity contribution in [3.63, 3.8) is 0 Å². The summed E-state index contributed by atoms with van der Waals surface area (Å²) in [6.07, 6.45) is 3.58. The molecule has 0 radical (unpaired) electrons. The van der Waals surface area contributed by atoms with Crippen LogP contribution in [-0.4, -0.2) is 11.8 Å². The van der Waals surface area contributed by atoms with Gasteiger partial charge in [0.05, 0.1) is 36.8 Å². The van der Waals surface area contributed by atoms with Crippen LogP contribution in [0.5, 0.6) is 0 Å². The number of benzene rings is 1.